The molecule has 190 valence electrons. The van der Waals surface area contributed by atoms with Crippen molar-refractivity contribution in [3.63, 3.8) is 0 Å². The molecule has 4 rings (SSSR count). The summed E-state index contributed by atoms with van der Waals surface area (Å²) >= 11 is 0. The van der Waals surface area contributed by atoms with Crippen LogP contribution < -0.4 is 16.3 Å². The minimum atomic E-state index is -1.06. The minimum absolute atomic E-state index is 0.0464. The molecule has 0 unspecified atom stereocenters. The van der Waals surface area contributed by atoms with Gasteiger partial charge in [0.1, 0.15) is 0 Å². The van der Waals surface area contributed by atoms with Gasteiger partial charge >= 0.3 is 17.3 Å². The van der Waals surface area contributed by atoms with E-state index in [2.05, 4.69) is 4.98 Å². The Labute approximate surface area is 215 Å². The molecule has 0 spiro atoms. The molecule has 1 heterocycles. The number of anilines is 1. The lowest BCUT2D eigenvalue weighted by molar-refractivity contribution is 0.0697. The first-order valence-corrected chi connectivity index (χ1v) is 12.4. The predicted octanol–water partition coefficient (Wildman–Crippen LogP) is 4.43. The van der Waals surface area contributed by atoms with Crippen LogP contribution in [0.25, 0.3) is 16.8 Å². The van der Waals surface area contributed by atoms with E-state index in [1.54, 1.807) is 12.1 Å². The molecule has 1 aromatic heterocycles. The molecule has 3 aromatic carbocycles. The van der Waals surface area contributed by atoms with Crippen LogP contribution in [0, 0.1) is 0 Å². The van der Waals surface area contributed by atoms with Crippen LogP contribution >= 0.6 is 0 Å². The standard InChI is InChI=1S/C29H30N4O4/c1-3-18-31(19-4-2)27-30-28(36)32(29(37)33(27)24-16-14-22(15-17-24)26(34)35)20-23-12-8-9-13-25(23)21-10-6-5-7-11-21/h5-17H,3-4,18-20H2,1-2H3,(H,34,35). The fraction of sp³-hybridized carbons (Fsp3) is 0.241. The van der Waals surface area contributed by atoms with Gasteiger partial charge in [-0.3, -0.25) is 0 Å². The van der Waals surface area contributed by atoms with Gasteiger partial charge in [0.25, 0.3) is 0 Å². The van der Waals surface area contributed by atoms with Gasteiger partial charge in [-0.15, -0.1) is 0 Å². The van der Waals surface area contributed by atoms with Crippen molar-refractivity contribution in [3.8, 4) is 16.8 Å². The molecule has 0 fully saturated rings. The largest absolute Gasteiger partial charge is 0.478 e. The van der Waals surface area contributed by atoms with E-state index in [0.29, 0.717) is 18.8 Å². The van der Waals surface area contributed by atoms with E-state index in [9.17, 15) is 19.5 Å². The molecular weight excluding hydrogens is 468 g/mol. The molecule has 0 saturated heterocycles. The average Bonchev–Trinajstić information content (AvgIpc) is 2.91. The maximum Gasteiger partial charge on any atom is 0.355 e. The van der Waals surface area contributed by atoms with Crippen LogP contribution in [0.1, 0.15) is 42.6 Å². The quantitative estimate of drug-likeness (QED) is 0.347. The molecular formula is C29H30N4O4. The molecule has 0 saturated carbocycles. The van der Waals surface area contributed by atoms with E-state index in [1.807, 2.05) is 73.3 Å². The van der Waals surface area contributed by atoms with E-state index in [-0.39, 0.29) is 18.1 Å². The molecule has 0 aliphatic heterocycles. The number of nitrogens with zero attached hydrogens (tertiary/aromatic N) is 4. The number of rotatable bonds is 10. The molecule has 8 nitrogen and oxygen atoms in total. The van der Waals surface area contributed by atoms with Gasteiger partial charge in [-0.05, 0) is 53.8 Å². The average molecular weight is 499 g/mol. The first-order valence-electron chi connectivity index (χ1n) is 12.4. The summed E-state index contributed by atoms with van der Waals surface area (Å²) in [4.78, 5) is 44.9. The Kier molecular flexibility index (Phi) is 7.98. The second kappa shape index (κ2) is 11.5. The van der Waals surface area contributed by atoms with Crippen molar-refractivity contribution in [2.45, 2.75) is 33.2 Å². The summed E-state index contributed by atoms with van der Waals surface area (Å²) in [5, 5.41) is 9.31. The van der Waals surface area contributed by atoms with Crippen LogP contribution in [0.2, 0.25) is 0 Å². The summed E-state index contributed by atoms with van der Waals surface area (Å²) < 4.78 is 2.54. The molecule has 0 aliphatic carbocycles. The van der Waals surface area contributed by atoms with E-state index in [1.165, 1.54) is 16.7 Å². The van der Waals surface area contributed by atoms with Crippen molar-refractivity contribution in [2.24, 2.45) is 0 Å². The van der Waals surface area contributed by atoms with Crippen LogP contribution in [0.4, 0.5) is 5.95 Å². The second-order valence-corrected chi connectivity index (χ2v) is 8.76. The molecule has 1 N–H and O–H groups in total. The normalized spacial score (nSPS) is 10.9. The van der Waals surface area contributed by atoms with E-state index in [4.69, 9.17) is 0 Å². The number of carbonyl (C=O) groups is 1. The molecule has 0 radical (unpaired) electrons. The lowest BCUT2D eigenvalue weighted by Crippen LogP contribution is -2.45. The summed E-state index contributed by atoms with van der Waals surface area (Å²) in [6.07, 6.45) is 1.61. The number of carboxylic acids is 1. The van der Waals surface area contributed by atoms with Gasteiger partial charge in [0.15, 0.2) is 0 Å². The highest BCUT2D eigenvalue weighted by Crippen LogP contribution is 2.24. The maximum atomic E-state index is 13.9. The molecule has 0 amide bonds. The maximum absolute atomic E-state index is 13.9. The monoisotopic (exact) mass is 498 g/mol. The summed E-state index contributed by atoms with van der Waals surface area (Å²) in [5.41, 5.74) is 2.12. The van der Waals surface area contributed by atoms with Gasteiger partial charge in [0.05, 0.1) is 17.8 Å². The zero-order valence-corrected chi connectivity index (χ0v) is 21.0. The number of aromatic carboxylic acids is 1. The smallest absolute Gasteiger partial charge is 0.355 e. The highest BCUT2D eigenvalue weighted by molar-refractivity contribution is 5.87. The topological polar surface area (TPSA) is 97.4 Å². The Hall–Kier alpha value is -4.46. The zero-order valence-electron chi connectivity index (χ0n) is 21.0. The summed E-state index contributed by atoms with van der Waals surface area (Å²) in [5.74, 6) is -0.798. The van der Waals surface area contributed by atoms with E-state index >= 15 is 0 Å². The molecule has 4 aromatic rings. The highest BCUT2D eigenvalue weighted by Gasteiger charge is 2.20. The summed E-state index contributed by atoms with van der Waals surface area (Å²) in [6, 6.07) is 23.5. The summed E-state index contributed by atoms with van der Waals surface area (Å²) in [7, 11) is 0. The Bertz CT molecular complexity index is 1490. The number of hydrogen-bond donors (Lipinski definition) is 1. The number of benzene rings is 3. The third-order valence-electron chi connectivity index (χ3n) is 6.12. The van der Waals surface area contributed by atoms with Crippen molar-refractivity contribution in [3.05, 3.63) is 111 Å². The van der Waals surface area contributed by atoms with Gasteiger partial charge in [-0.1, -0.05) is 68.4 Å². The Balaban J connectivity index is 1.90. The Morgan fingerprint density at radius 1 is 0.865 bits per heavy atom. The fourth-order valence-corrected chi connectivity index (χ4v) is 4.39. The first kappa shape index (κ1) is 25.6. The highest BCUT2D eigenvalue weighted by atomic mass is 16.4. The van der Waals surface area contributed by atoms with Crippen molar-refractivity contribution in [1.82, 2.24) is 14.1 Å². The van der Waals surface area contributed by atoms with Crippen molar-refractivity contribution in [1.29, 1.82) is 0 Å². The van der Waals surface area contributed by atoms with Crippen LogP contribution in [-0.2, 0) is 6.54 Å². The van der Waals surface area contributed by atoms with Gasteiger partial charge in [0.2, 0.25) is 5.95 Å². The number of carboxylic acid groups (broad SMARTS) is 1. The Morgan fingerprint density at radius 2 is 1.49 bits per heavy atom. The molecule has 8 heteroatoms. The fourth-order valence-electron chi connectivity index (χ4n) is 4.39. The van der Waals surface area contributed by atoms with Crippen LogP contribution in [0.5, 0.6) is 0 Å². The predicted molar refractivity (Wildman–Crippen MR) is 145 cm³/mol. The summed E-state index contributed by atoms with van der Waals surface area (Å²) in [6.45, 7) is 5.33. The zero-order chi connectivity index (χ0) is 26.4. The van der Waals surface area contributed by atoms with Crippen molar-refractivity contribution >= 4 is 11.9 Å². The second-order valence-electron chi connectivity index (χ2n) is 8.76. The van der Waals surface area contributed by atoms with Crippen LogP contribution in [-0.4, -0.2) is 38.3 Å². The van der Waals surface area contributed by atoms with Crippen molar-refractivity contribution < 1.29 is 9.90 Å². The lowest BCUT2D eigenvalue weighted by Gasteiger charge is -2.26. The van der Waals surface area contributed by atoms with Crippen LogP contribution in [0.15, 0.2) is 88.5 Å². The van der Waals surface area contributed by atoms with Gasteiger partial charge < -0.3 is 10.0 Å². The van der Waals surface area contributed by atoms with Gasteiger partial charge in [0, 0.05) is 13.1 Å². The molecule has 37 heavy (non-hydrogen) atoms. The van der Waals surface area contributed by atoms with Gasteiger partial charge in [-0.25, -0.2) is 23.5 Å². The number of aromatic nitrogens is 3. The van der Waals surface area contributed by atoms with Crippen molar-refractivity contribution in [2.75, 3.05) is 18.0 Å². The van der Waals surface area contributed by atoms with Crippen LogP contribution in [0.3, 0.4) is 0 Å². The first-order chi connectivity index (χ1) is 17.9. The van der Waals surface area contributed by atoms with E-state index < -0.39 is 17.3 Å². The number of hydrogen-bond acceptors (Lipinski definition) is 5. The minimum Gasteiger partial charge on any atom is -0.478 e. The lowest BCUT2D eigenvalue weighted by atomic mass is 10.00. The Morgan fingerprint density at radius 3 is 2.11 bits per heavy atom. The SMILES string of the molecule is CCCN(CCC)c1nc(=O)n(Cc2ccccc2-c2ccccc2)c(=O)n1-c1ccc(C(=O)O)cc1. The molecule has 0 bridgehead atoms. The third-order valence-corrected chi connectivity index (χ3v) is 6.12. The van der Waals surface area contributed by atoms with Gasteiger partial charge in [-0.2, -0.15) is 4.98 Å². The third kappa shape index (κ3) is 5.53. The molecule has 0 aliphatic rings. The molecule has 0 atom stereocenters. The van der Waals surface area contributed by atoms with E-state index in [0.717, 1.165) is 34.1 Å².